The minimum absolute atomic E-state index is 0.131. The van der Waals surface area contributed by atoms with Crippen LogP contribution in [0, 0.1) is 6.92 Å². The number of aryl methyl sites for hydroxylation is 1. The lowest BCUT2D eigenvalue weighted by atomic mass is 10.0. The maximum Gasteiger partial charge on any atom is 0.134 e. The zero-order valence-electron chi connectivity index (χ0n) is 10.8. The van der Waals surface area contributed by atoms with Gasteiger partial charge in [-0.05, 0) is 36.6 Å². The molecule has 1 nitrogen and oxygen atoms in total. The Kier molecular flexibility index (Phi) is 3.31. The zero-order chi connectivity index (χ0) is 13.2. The average molecular weight is 271 g/mol. The Balaban J connectivity index is 1.87. The van der Waals surface area contributed by atoms with E-state index in [0.717, 1.165) is 23.2 Å². The maximum absolute atomic E-state index is 6.49. The van der Waals surface area contributed by atoms with Gasteiger partial charge in [0.1, 0.15) is 11.3 Å². The van der Waals surface area contributed by atoms with Gasteiger partial charge in [-0.25, -0.2) is 0 Å². The third-order valence-corrected chi connectivity index (χ3v) is 3.78. The highest BCUT2D eigenvalue weighted by Gasteiger charge is 2.15. The van der Waals surface area contributed by atoms with Crippen molar-refractivity contribution < 1.29 is 4.42 Å². The van der Waals surface area contributed by atoms with Crippen LogP contribution in [0.3, 0.4) is 0 Å². The molecule has 0 N–H and O–H groups in total. The van der Waals surface area contributed by atoms with Crippen molar-refractivity contribution in [3.8, 4) is 0 Å². The monoisotopic (exact) mass is 270 g/mol. The molecule has 0 aliphatic carbocycles. The van der Waals surface area contributed by atoms with Crippen LogP contribution in [-0.2, 0) is 6.42 Å². The lowest BCUT2D eigenvalue weighted by Crippen LogP contribution is -1.96. The second kappa shape index (κ2) is 5.10. The number of fused-ring (bicyclic) bond motifs is 1. The average Bonchev–Trinajstić information content (AvgIpc) is 2.85. The summed E-state index contributed by atoms with van der Waals surface area (Å²) in [6, 6.07) is 18.3. The lowest BCUT2D eigenvalue weighted by Gasteiger charge is -2.09. The van der Waals surface area contributed by atoms with Crippen LogP contribution < -0.4 is 0 Å². The molecule has 0 spiro atoms. The molecule has 0 aliphatic rings. The SMILES string of the molecule is Cc1ccccc1CC(Cl)c1cc2ccccc2o1. The molecule has 0 aliphatic heterocycles. The van der Waals surface area contributed by atoms with Gasteiger partial charge in [0.2, 0.25) is 0 Å². The number of hydrogen-bond acceptors (Lipinski definition) is 1. The first kappa shape index (κ1) is 12.3. The highest BCUT2D eigenvalue weighted by molar-refractivity contribution is 6.20. The molecule has 1 aromatic heterocycles. The molecule has 3 rings (SSSR count). The van der Waals surface area contributed by atoms with E-state index in [2.05, 4.69) is 19.1 Å². The van der Waals surface area contributed by atoms with Crippen LogP contribution in [-0.4, -0.2) is 0 Å². The predicted octanol–water partition coefficient (Wildman–Crippen LogP) is 5.26. The third kappa shape index (κ3) is 2.52. The van der Waals surface area contributed by atoms with E-state index in [-0.39, 0.29) is 5.38 Å². The fraction of sp³-hybridized carbons (Fsp3) is 0.176. The van der Waals surface area contributed by atoms with E-state index in [4.69, 9.17) is 16.0 Å². The zero-order valence-corrected chi connectivity index (χ0v) is 11.5. The highest BCUT2D eigenvalue weighted by Crippen LogP contribution is 2.30. The van der Waals surface area contributed by atoms with E-state index in [1.165, 1.54) is 11.1 Å². The molecule has 1 atom stereocenters. The molecule has 2 aromatic carbocycles. The third-order valence-electron chi connectivity index (χ3n) is 3.41. The van der Waals surface area contributed by atoms with Crippen molar-refractivity contribution in [2.75, 3.05) is 0 Å². The molecule has 19 heavy (non-hydrogen) atoms. The van der Waals surface area contributed by atoms with Crippen LogP contribution in [0.2, 0.25) is 0 Å². The van der Waals surface area contributed by atoms with Gasteiger partial charge in [0, 0.05) is 5.39 Å². The number of alkyl halides is 1. The van der Waals surface area contributed by atoms with Crippen LogP contribution in [0.4, 0.5) is 0 Å². The molecule has 0 bridgehead atoms. The van der Waals surface area contributed by atoms with Gasteiger partial charge in [0.05, 0.1) is 5.38 Å². The van der Waals surface area contributed by atoms with Crippen molar-refractivity contribution in [2.24, 2.45) is 0 Å². The molecule has 0 radical (unpaired) electrons. The van der Waals surface area contributed by atoms with Crippen LogP contribution in [0.25, 0.3) is 11.0 Å². The van der Waals surface area contributed by atoms with Gasteiger partial charge in [0.15, 0.2) is 0 Å². The fourth-order valence-corrected chi connectivity index (χ4v) is 2.56. The summed E-state index contributed by atoms with van der Waals surface area (Å²) >= 11 is 6.49. The Morgan fingerprint density at radius 2 is 1.79 bits per heavy atom. The fourth-order valence-electron chi connectivity index (χ4n) is 2.29. The van der Waals surface area contributed by atoms with E-state index in [1.807, 2.05) is 42.5 Å². The van der Waals surface area contributed by atoms with Gasteiger partial charge in [-0.15, -0.1) is 11.6 Å². The maximum atomic E-state index is 6.49. The molecule has 2 heteroatoms. The summed E-state index contributed by atoms with van der Waals surface area (Å²) in [5.74, 6) is 0.839. The van der Waals surface area contributed by atoms with Gasteiger partial charge < -0.3 is 4.42 Å². The normalized spacial score (nSPS) is 12.7. The van der Waals surface area contributed by atoms with Gasteiger partial charge in [-0.2, -0.15) is 0 Å². The van der Waals surface area contributed by atoms with Crippen LogP contribution in [0.15, 0.2) is 59.0 Å². The Morgan fingerprint density at radius 1 is 1.05 bits per heavy atom. The Hall–Kier alpha value is -1.73. The van der Waals surface area contributed by atoms with Crippen molar-refractivity contribution in [2.45, 2.75) is 18.7 Å². The largest absolute Gasteiger partial charge is 0.459 e. The molecule has 0 amide bonds. The first-order valence-electron chi connectivity index (χ1n) is 6.41. The lowest BCUT2D eigenvalue weighted by molar-refractivity contribution is 0.540. The second-order valence-corrected chi connectivity index (χ2v) is 5.31. The smallest absolute Gasteiger partial charge is 0.134 e. The first-order valence-corrected chi connectivity index (χ1v) is 6.85. The number of hydrogen-bond donors (Lipinski definition) is 0. The number of halogens is 1. The van der Waals surface area contributed by atoms with Crippen molar-refractivity contribution in [3.05, 3.63) is 71.5 Å². The Morgan fingerprint density at radius 3 is 2.58 bits per heavy atom. The van der Waals surface area contributed by atoms with Crippen molar-refractivity contribution >= 4 is 22.6 Å². The number of benzene rings is 2. The molecule has 0 saturated heterocycles. The molecular weight excluding hydrogens is 256 g/mol. The number of rotatable bonds is 3. The van der Waals surface area contributed by atoms with Crippen molar-refractivity contribution in [3.63, 3.8) is 0 Å². The minimum atomic E-state index is -0.131. The van der Waals surface area contributed by atoms with E-state index < -0.39 is 0 Å². The summed E-state index contributed by atoms with van der Waals surface area (Å²) in [5.41, 5.74) is 3.43. The molecule has 3 aromatic rings. The van der Waals surface area contributed by atoms with E-state index >= 15 is 0 Å². The van der Waals surface area contributed by atoms with Crippen molar-refractivity contribution in [1.82, 2.24) is 0 Å². The summed E-state index contributed by atoms with van der Waals surface area (Å²) in [6.07, 6.45) is 0.786. The molecule has 1 heterocycles. The van der Waals surface area contributed by atoms with E-state index in [9.17, 15) is 0 Å². The predicted molar refractivity (Wildman–Crippen MR) is 79.7 cm³/mol. The minimum Gasteiger partial charge on any atom is -0.459 e. The summed E-state index contributed by atoms with van der Waals surface area (Å²) < 4.78 is 5.81. The van der Waals surface area contributed by atoms with E-state index in [0.29, 0.717) is 0 Å². The van der Waals surface area contributed by atoms with Crippen molar-refractivity contribution in [1.29, 1.82) is 0 Å². The Labute approximate surface area is 117 Å². The van der Waals surface area contributed by atoms with Gasteiger partial charge in [-0.1, -0.05) is 42.5 Å². The topological polar surface area (TPSA) is 13.1 Å². The molecule has 96 valence electrons. The standard InChI is InChI=1S/C17H15ClO/c1-12-6-2-3-7-13(12)10-15(18)17-11-14-8-4-5-9-16(14)19-17/h2-9,11,15H,10H2,1H3. The summed E-state index contributed by atoms with van der Waals surface area (Å²) in [7, 11) is 0. The Bertz CT molecular complexity index is 666. The second-order valence-electron chi connectivity index (χ2n) is 4.78. The number of para-hydroxylation sites is 1. The summed E-state index contributed by atoms with van der Waals surface area (Å²) in [6.45, 7) is 2.11. The highest BCUT2D eigenvalue weighted by atomic mass is 35.5. The van der Waals surface area contributed by atoms with Crippen LogP contribution in [0.1, 0.15) is 22.3 Å². The van der Waals surface area contributed by atoms with Gasteiger partial charge >= 0.3 is 0 Å². The van der Waals surface area contributed by atoms with Gasteiger partial charge in [0.25, 0.3) is 0 Å². The van der Waals surface area contributed by atoms with Crippen LogP contribution >= 0.6 is 11.6 Å². The molecule has 1 unspecified atom stereocenters. The van der Waals surface area contributed by atoms with Crippen LogP contribution in [0.5, 0.6) is 0 Å². The van der Waals surface area contributed by atoms with Gasteiger partial charge in [-0.3, -0.25) is 0 Å². The molecular formula is C17H15ClO. The van der Waals surface area contributed by atoms with E-state index in [1.54, 1.807) is 0 Å². The summed E-state index contributed by atoms with van der Waals surface area (Å²) in [5, 5.41) is 0.974. The molecule has 0 fully saturated rings. The molecule has 0 saturated carbocycles. The first-order chi connectivity index (χ1) is 9.24. The summed E-state index contributed by atoms with van der Waals surface area (Å²) in [4.78, 5) is 0. The quantitative estimate of drug-likeness (QED) is 0.592. The number of furan rings is 1.